The number of rotatable bonds is 5. The molecule has 0 bridgehead atoms. The number of benzene rings is 1. The average molecular weight is 332 g/mol. The van der Waals surface area contributed by atoms with E-state index in [4.69, 9.17) is 9.15 Å². The van der Waals surface area contributed by atoms with E-state index < -0.39 is 11.4 Å². The molecule has 1 aliphatic carbocycles. The van der Waals surface area contributed by atoms with Gasteiger partial charge in [-0.25, -0.2) is 9.18 Å². The summed E-state index contributed by atoms with van der Waals surface area (Å²) in [5.41, 5.74) is 0.0892. The lowest BCUT2D eigenvalue weighted by Crippen LogP contribution is -2.14. The molecular formula is C20H25FO3. The Bertz CT molecular complexity index is 757. The zero-order valence-electron chi connectivity index (χ0n) is 14.4. The highest BCUT2D eigenvalue weighted by Crippen LogP contribution is 2.37. The van der Waals surface area contributed by atoms with Crippen LogP contribution in [0.15, 0.2) is 27.4 Å². The summed E-state index contributed by atoms with van der Waals surface area (Å²) in [7, 11) is 0. The van der Waals surface area contributed by atoms with Crippen LogP contribution in [0.5, 0.6) is 0 Å². The molecule has 1 aromatic heterocycles. The van der Waals surface area contributed by atoms with Crippen LogP contribution < -0.4 is 5.63 Å². The van der Waals surface area contributed by atoms with Crippen LogP contribution >= 0.6 is 0 Å². The topological polar surface area (TPSA) is 39.4 Å². The molecule has 1 saturated carbocycles. The molecule has 0 saturated heterocycles. The van der Waals surface area contributed by atoms with Crippen molar-refractivity contribution >= 4 is 10.8 Å². The summed E-state index contributed by atoms with van der Waals surface area (Å²) >= 11 is 0. The Morgan fingerprint density at radius 2 is 2.00 bits per heavy atom. The van der Waals surface area contributed by atoms with Crippen LogP contribution in [0.3, 0.4) is 0 Å². The predicted molar refractivity (Wildman–Crippen MR) is 93.0 cm³/mol. The molecule has 0 spiro atoms. The molecule has 24 heavy (non-hydrogen) atoms. The fraction of sp³-hybridized carbons (Fsp3) is 0.550. The van der Waals surface area contributed by atoms with Crippen molar-refractivity contribution in [1.82, 2.24) is 0 Å². The molecule has 3 rings (SSSR count). The van der Waals surface area contributed by atoms with Gasteiger partial charge in [-0.2, -0.15) is 0 Å². The Morgan fingerprint density at radius 1 is 1.25 bits per heavy atom. The lowest BCUT2D eigenvalue weighted by Gasteiger charge is -2.26. The minimum absolute atomic E-state index is 0.0891. The minimum Gasteiger partial charge on any atom is -0.427 e. The third-order valence-corrected chi connectivity index (χ3v) is 5.10. The summed E-state index contributed by atoms with van der Waals surface area (Å²) in [4.78, 5) is 12.3. The Hall–Kier alpha value is -1.68. The highest BCUT2D eigenvalue weighted by molar-refractivity contribution is 5.83. The van der Waals surface area contributed by atoms with Crippen LogP contribution in [-0.2, 0) is 11.2 Å². The van der Waals surface area contributed by atoms with Crippen molar-refractivity contribution in [3.63, 3.8) is 0 Å². The second-order valence-electron chi connectivity index (χ2n) is 6.84. The SMILES string of the molecule is CCOCCc1cc2ccc(C3CCC(C)CC3)c(F)c2c(=O)o1. The maximum atomic E-state index is 15.0. The van der Waals surface area contributed by atoms with Crippen LogP contribution in [0, 0.1) is 11.7 Å². The van der Waals surface area contributed by atoms with Gasteiger partial charge in [0.15, 0.2) is 0 Å². The van der Waals surface area contributed by atoms with Gasteiger partial charge in [0.25, 0.3) is 0 Å². The summed E-state index contributed by atoms with van der Waals surface area (Å²) in [6.07, 6.45) is 4.73. The van der Waals surface area contributed by atoms with E-state index in [1.165, 1.54) is 0 Å². The monoisotopic (exact) mass is 332 g/mol. The van der Waals surface area contributed by atoms with Crippen molar-refractivity contribution < 1.29 is 13.5 Å². The largest absolute Gasteiger partial charge is 0.427 e. The second kappa shape index (κ2) is 7.47. The molecule has 1 heterocycles. The fourth-order valence-electron chi connectivity index (χ4n) is 3.63. The lowest BCUT2D eigenvalue weighted by atomic mass is 9.79. The van der Waals surface area contributed by atoms with Gasteiger partial charge in [-0.3, -0.25) is 0 Å². The molecule has 0 aliphatic heterocycles. The lowest BCUT2D eigenvalue weighted by molar-refractivity contribution is 0.146. The van der Waals surface area contributed by atoms with Gasteiger partial charge < -0.3 is 9.15 Å². The zero-order chi connectivity index (χ0) is 17.1. The number of hydrogen-bond donors (Lipinski definition) is 0. The standard InChI is InChI=1S/C20H25FO3/c1-3-23-11-10-16-12-15-8-9-17(14-6-4-13(2)5-7-14)19(21)18(15)20(22)24-16/h8-9,12-14H,3-7,10-11H2,1-2H3. The van der Waals surface area contributed by atoms with Crippen LogP contribution in [0.4, 0.5) is 4.39 Å². The molecule has 0 radical (unpaired) electrons. The van der Waals surface area contributed by atoms with Crippen LogP contribution in [0.25, 0.3) is 10.8 Å². The highest BCUT2D eigenvalue weighted by Gasteiger charge is 2.24. The zero-order valence-corrected chi connectivity index (χ0v) is 14.4. The molecule has 0 unspecified atom stereocenters. The summed E-state index contributed by atoms with van der Waals surface area (Å²) in [5, 5.41) is 0.703. The average Bonchev–Trinajstić information content (AvgIpc) is 2.56. The summed E-state index contributed by atoms with van der Waals surface area (Å²) < 4.78 is 25.6. The first-order valence-electron chi connectivity index (χ1n) is 8.93. The number of ether oxygens (including phenoxy) is 1. The van der Waals surface area contributed by atoms with Crippen molar-refractivity contribution in [2.75, 3.05) is 13.2 Å². The third kappa shape index (κ3) is 3.54. The van der Waals surface area contributed by atoms with E-state index in [-0.39, 0.29) is 11.3 Å². The first-order chi connectivity index (χ1) is 11.6. The molecule has 1 fully saturated rings. The van der Waals surface area contributed by atoms with E-state index in [1.807, 2.05) is 19.1 Å². The van der Waals surface area contributed by atoms with E-state index >= 15 is 0 Å². The third-order valence-electron chi connectivity index (χ3n) is 5.10. The van der Waals surface area contributed by atoms with E-state index in [0.717, 1.165) is 25.7 Å². The summed E-state index contributed by atoms with van der Waals surface area (Å²) in [5.74, 6) is 1.07. The van der Waals surface area contributed by atoms with Crippen molar-refractivity contribution in [3.05, 3.63) is 45.8 Å². The summed E-state index contributed by atoms with van der Waals surface area (Å²) in [6, 6.07) is 5.46. The number of hydrogen-bond acceptors (Lipinski definition) is 3. The van der Waals surface area contributed by atoms with E-state index in [0.29, 0.717) is 42.3 Å². The van der Waals surface area contributed by atoms with Crippen molar-refractivity contribution in [3.8, 4) is 0 Å². The number of halogens is 1. The normalized spacial score (nSPS) is 21.3. The molecule has 130 valence electrons. The van der Waals surface area contributed by atoms with Gasteiger partial charge in [0.2, 0.25) is 0 Å². The molecule has 1 aliphatic rings. The molecule has 3 nitrogen and oxygen atoms in total. The smallest absolute Gasteiger partial charge is 0.346 e. The van der Waals surface area contributed by atoms with E-state index in [2.05, 4.69) is 6.92 Å². The fourth-order valence-corrected chi connectivity index (χ4v) is 3.63. The van der Waals surface area contributed by atoms with E-state index in [1.54, 1.807) is 6.07 Å². The van der Waals surface area contributed by atoms with Crippen molar-refractivity contribution in [1.29, 1.82) is 0 Å². The molecular weight excluding hydrogens is 307 g/mol. The van der Waals surface area contributed by atoms with Crippen LogP contribution in [0.2, 0.25) is 0 Å². The van der Waals surface area contributed by atoms with E-state index in [9.17, 15) is 9.18 Å². The van der Waals surface area contributed by atoms with Gasteiger partial charge in [-0.1, -0.05) is 31.9 Å². The van der Waals surface area contributed by atoms with Crippen LogP contribution in [-0.4, -0.2) is 13.2 Å². The molecule has 1 aromatic carbocycles. The van der Waals surface area contributed by atoms with Gasteiger partial charge in [-0.15, -0.1) is 0 Å². The molecule has 2 aromatic rings. The molecule has 0 atom stereocenters. The Morgan fingerprint density at radius 3 is 2.71 bits per heavy atom. The first-order valence-corrected chi connectivity index (χ1v) is 8.93. The summed E-state index contributed by atoms with van der Waals surface area (Å²) in [6.45, 7) is 5.27. The molecule has 4 heteroatoms. The minimum atomic E-state index is -0.581. The second-order valence-corrected chi connectivity index (χ2v) is 6.84. The van der Waals surface area contributed by atoms with Gasteiger partial charge >= 0.3 is 5.63 Å². The maximum absolute atomic E-state index is 15.0. The van der Waals surface area contributed by atoms with Gasteiger partial charge in [0.1, 0.15) is 17.0 Å². The molecule has 0 N–H and O–H groups in total. The first kappa shape index (κ1) is 17.2. The van der Waals surface area contributed by atoms with Crippen molar-refractivity contribution in [2.24, 2.45) is 5.92 Å². The Labute approximate surface area is 141 Å². The maximum Gasteiger partial charge on any atom is 0.346 e. The Kier molecular flexibility index (Phi) is 5.34. The van der Waals surface area contributed by atoms with Gasteiger partial charge in [-0.05, 0) is 48.6 Å². The van der Waals surface area contributed by atoms with Gasteiger partial charge in [0.05, 0.1) is 6.61 Å². The number of fused-ring (bicyclic) bond motifs is 1. The highest BCUT2D eigenvalue weighted by atomic mass is 19.1. The Balaban J connectivity index is 1.92. The molecule has 0 amide bonds. The van der Waals surface area contributed by atoms with Crippen molar-refractivity contribution in [2.45, 2.75) is 51.9 Å². The van der Waals surface area contributed by atoms with Crippen LogP contribution in [0.1, 0.15) is 56.8 Å². The quantitative estimate of drug-likeness (QED) is 0.738. The predicted octanol–water partition coefficient (Wildman–Crippen LogP) is 4.80. The van der Waals surface area contributed by atoms with Gasteiger partial charge in [0, 0.05) is 13.0 Å².